The molecule has 0 aromatic heterocycles. The first-order valence-electron chi connectivity index (χ1n) is 8.79. The minimum absolute atomic E-state index is 0.208. The molecule has 1 heterocycles. The summed E-state index contributed by atoms with van der Waals surface area (Å²) in [6.45, 7) is 0. The maximum Gasteiger partial charge on any atom is 0.269 e. The van der Waals surface area contributed by atoms with Crippen molar-refractivity contribution in [2.24, 2.45) is 10.8 Å². The summed E-state index contributed by atoms with van der Waals surface area (Å²) in [5.41, 5.74) is -4.56. The average Bonchev–Trinajstić information content (AvgIpc) is 3.09. The second-order valence-electron chi connectivity index (χ2n) is 6.92. The van der Waals surface area contributed by atoms with E-state index in [1.807, 2.05) is 24.3 Å². The summed E-state index contributed by atoms with van der Waals surface area (Å²) in [5.74, 6) is 0. The fourth-order valence-electron chi connectivity index (χ4n) is 4.04. The number of rotatable bonds is 4. The fourth-order valence-corrected chi connectivity index (χ4v) is 4.04. The second kappa shape index (κ2) is 7.53. The molecule has 1 aliphatic rings. The monoisotopic (exact) mass is 414 g/mol. The van der Waals surface area contributed by atoms with Crippen LogP contribution in [-0.4, -0.2) is 9.85 Å². The molecule has 0 aliphatic carbocycles. The van der Waals surface area contributed by atoms with Crippen molar-refractivity contribution in [1.82, 2.24) is 0 Å². The van der Waals surface area contributed by atoms with Crippen LogP contribution in [0.4, 0.5) is 11.4 Å². The van der Waals surface area contributed by atoms with Crippen LogP contribution in [-0.2, 0) is 0 Å². The van der Waals surface area contributed by atoms with Crippen LogP contribution in [0.2, 0.25) is 0 Å². The van der Waals surface area contributed by atoms with Crippen molar-refractivity contribution >= 4 is 11.4 Å². The number of non-ortho nitro benzene ring substituents is 2. The predicted octanol–water partition coefficient (Wildman–Crippen LogP) is 1.93. The quantitative estimate of drug-likeness (QED) is 0.577. The Bertz CT molecular complexity index is 1140. The van der Waals surface area contributed by atoms with E-state index in [9.17, 15) is 41.3 Å². The third kappa shape index (κ3) is 2.90. The highest BCUT2D eigenvalue weighted by Crippen LogP contribution is 2.56. The van der Waals surface area contributed by atoms with Gasteiger partial charge in [0.25, 0.3) is 11.4 Å². The molecule has 0 amide bonds. The number of nitro groups is 2. The van der Waals surface area contributed by atoms with Crippen LogP contribution in [0.3, 0.4) is 0 Å². The SMILES string of the molecule is N#CC1(C#N)[C@@H](c2cccc([N+](=O)[O-])c2)[NH2+][C@@H](c2cccc([N+](=O)[O-])c2)C1(C#N)C#N. The number of nitrogens with two attached hydrogens (primary N) is 1. The Hall–Kier alpha value is -4.84. The Balaban J connectivity index is 2.29. The molecular weight excluding hydrogens is 402 g/mol. The molecule has 0 spiro atoms. The van der Waals surface area contributed by atoms with E-state index in [2.05, 4.69) is 0 Å². The minimum Gasteiger partial charge on any atom is -0.329 e. The van der Waals surface area contributed by atoms with Crippen LogP contribution in [0.1, 0.15) is 23.2 Å². The van der Waals surface area contributed by atoms with Gasteiger partial charge in [0, 0.05) is 35.4 Å². The average molecular weight is 414 g/mol. The molecule has 1 fully saturated rings. The van der Waals surface area contributed by atoms with E-state index in [0.29, 0.717) is 0 Å². The maximum atomic E-state index is 11.2. The van der Waals surface area contributed by atoms with Crippen molar-refractivity contribution in [2.45, 2.75) is 12.1 Å². The Morgan fingerprint density at radius 1 is 0.742 bits per heavy atom. The van der Waals surface area contributed by atoms with Gasteiger partial charge in [-0.05, 0) is 0 Å². The molecule has 0 unspecified atom stereocenters. The van der Waals surface area contributed by atoms with Gasteiger partial charge >= 0.3 is 0 Å². The lowest BCUT2D eigenvalue weighted by atomic mass is 9.61. The van der Waals surface area contributed by atoms with Crippen molar-refractivity contribution < 1.29 is 15.2 Å². The van der Waals surface area contributed by atoms with E-state index in [1.165, 1.54) is 53.8 Å². The summed E-state index contributed by atoms with van der Waals surface area (Å²) < 4.78 is 0. The van der Waals surface area contributed by atoms with Gasteiger partial charge in [0.1, 0.15) is 12.1 Å². The van der Waals surface area contributed by atoms with E-state index in [1.54, 1.807) is 0 Å². The molecule has 11 nitrogen and oxygen atoms in total. The van der Waals surface area contributed by atoms with E-state index in [-0.39, 0.29) is 22.5 Å². The van der Waals surface area contributed by atoms with Gasteiger partial charge < -0.3 is 5.32 Å². The van der Waals surface area contributed by atoms with Gasteiger partial charge in [-0.15, -0.1) is 0 Å². The van der Waals surface area contributed by atoms with Gasteiger partial charge in [-0.25, -0.2) is 0 Å². The first-order chi connectivity index (χ1) is 14.8. The number of hydrogen-bond acceptors (Lipinski definition) is 8. The Kier molecular flexibility index (Phi) is 5.07. The Morgan fingerprint density at radius 3 is 1.39 bits per heavy atom. The van der Waals surface area contributed by atoms with Crippen LogP contribution < -0.4 is 5.32 Å². The highest BCUT2D eigenvalue weighted by molar-refractivity contribution is 5.48. The van der Waals surface area contributed by atoms with Crippen molar-refractivity contribution in [3.8, 4) is 24.3 Å². The number of quaternary nitrogens is 1. The van der Waals surface area contributed by atoms with Gasteiger partial charge in [-0.3, -0.25) is 20.2 Å². The molecule has 3 rings (SSSR count). The van der Waals surface area contributed by atoms with Crippen LogP contribution in [0, 0.1) is 76.4 Å². The first-order valence-corrected chi connectivity index (χ1v) is 8.79. The summed E-state index contributed by atoms with van der Waals surface area (Å²) in [7, 11) is 0. The largest absolute Gasteiger partial charge is 0.329 e. The van der Waals surface area contributed by atoms with Gasteiger partial charge in [-0.1, -0.05) is 24.3 Å². The molecule has 31 heavy (non-hydrogen) atoms. The summed E-state index contributed by atoms with van der Waals surface area (Å²) in [6, 6.07) is 15.5. The minimum atomic E-state index is -2.21. The lowest BCUT2D eigenvalue weighted by molar-refractivity contribution is -0.720. The van der Waals surface area contributed by atoms with Crippen molar-refractivity contribution in [3.63, 3.8) is 0 Å². The molecule has 150 valence electrons. The molecule has 2 aromatic rings. The number of nitro benzene ring substituents is 2. The predicted molar refractivity (Wildman–Crippen MR) is 101 cm³/mol. The van der Waals surface area contributed by atoms with Crippen LogP contribution >= 0.6 is 0 Å². The zero-order chi connectivity index (χ0) is 22.8. The Morgan fingerprint density at radius 2 is 1.10 bits per heavy atom. The van der Waals surface area contributed by atoms with Gasteiger partial charge in [-0.2, -0.15) is 21.0 Å². The lowest BCUT2D eigenvalue weighted by Gasteiger charge is -2.25. The van der Waals surface area contributed by atoms with E-state index < -0.39 is 32.8 Å². The highest BCUT2D eigenvalue weighted by atomic mass is 16.6. The third-order valence-electron chi connectivity index (χ3n) is 5.53. The zero-order valence-corrected chi connectivity index (χ0v) is 15.7. The molecule has 0 bridgehead atoms. The number of nitrogens with zero attached hydrogens (tertiary/aromatic N) is 6. The van der Waals surface area contributed by atoms with Crippen molar-refractivity contribution in [2.75, 3.05) is 0 Å². The highest BCUT2D eigenvalue weighted by Gasteiger charge is 2.73. The first kappa shape index (κ1) is 20.9. The summed E-state index contributed by atoms with van der Waals surface area (Å²) in [6.07, 6.45) is 0. The molecule has 1 aliphatic heterocycles. The number of nitriles is 4. The van der Waals surface area contributed by atoms with Crippen LogP contribution in [0.25, 0.3) is 0 Å². The zero-order valence-electron chi connectivity index (χ0n) is 15.7. The van der Waals surface area contributed by atoms with E-state index in [0.717, 1.165) is 0 Å². The second-order valence-corrected chi connectivity index (χ2v) is 6.92. The smallest absolute Gasteiger partial charge is 0.269 e. The summed E-state index contributed by atoms with van der Waals surface area (Å²) in [5, 5.41) is 63.8. The van der Waals surface area contributed by atoms with Crippen molar-refractivity contribution in [1.29, 1.82) is 21.0 Å². The molecule has 2 aromatic carbocycles. The van der Waals surface area contributed by atoms with Gasteiger partial charge in [0.05, 0.1) is 34.1 Å². The number of hydrogen-bond donors (Lipinski definition) is 1. The molecule has 11 heteroatoms. The Labute approximate surface area is 175 Å². The standard InChI is InChI=1S/C20H11N7O4/c21-9-19(10-22)17(13-3-1-5-15(7-13)26(28)29)25-18(20(19,11-23)12-24)14-4-2-6-16(8-14)27(30)31/h1-8,17-18,25H/p+1/t17-,18+. The molecule has 0 saturated carbocycles. The number of benzene rings is 2. The fraction of sp³-hybridized carbons (Fsp3) is 0.200. The molecule has 1 saturated heterocycles. The molecular formula is C20H12N7O4+. The van der Waals surface area contributed by atoms with Crippen molar-refractivity contribution in [3.05, 3.63) is 79.9 Å². The van der Waals surface area contributed by atoms with E-state index >= 15 is 0 Å². The molecule has 2 atom stereocenters. The summed E-state index contributed by atoms with van der Waals surface area (Å²) in [4.78, 5) is 21.1. The van der Waals surface area contributed by atoms with Gasteiger partial charge in [0.15, 0.2) is 0 Å². The molecule has 2 N–H and O–H groups in total. The molecule has 0 radical (unpaired) electrons. The lowest BCUT2D eigenvalue weighted by Crippen LogP contribution is -2.84. The van der Waals surface area contributed by atoms with E-state index in [4.69, 9.17) is 0 Å². The topological polar surface area (TPSA) is 198 Å². The third-order valence-corrected chi connectivity index (χ3v) is 5.53. The van der Waals surface area contributed by atoms with Crippen LogP contribution in [0.15, 0.2) is 48.5 Å². The maximum absolute atomic E-state index is 11.2. The van der Waals surface area contributed by atoms with Gasteiger partial charge in [0.2, 0.25) is 10.8 Å². The van der Waals surface area contributed by atoms with Crippen LogP contribution in [0.5, 0.6) is 0 Å². The normalized spacial score (nSPS) is 20.4. The summed E-state index contributed by atoms with van der Waals surface area (Å²) >= 11 is 0.